The zero-order chi connectivity index (χ0) is 12.4. The van der Waals surface area contributed by atoms with Gasteiger partial charge in [0.1, 0.15) is 0 Å². The SMILES string of the molecule is CN(Cc1ccc(N)c2ncccc12)C(=O)O. The number of fused-ring (bicyclic) bond motifs is 1. The van der Waals surface area contributed by atoms with Crippen LogP contribution in [-0.2, 0) is 6.54 Å². The third-order valence-electron chi connectivity index (χ3n) is 2.63. The number of carbonyl (C=O) groups is 1. The van der Waals surface area contributed by atoms with Gasteiger partial charge in [0.05, 0.1) is 11.2 Å². The van der Waals surface area contributed by atoms with Crippen molar-refractivity contribution in [3.05, 3.63) is 36.0 Å². The van der Waals surface area contributed by atoms with Crippen LogP contribution in [0.1, 0.15) is 5.56 Å². The molecule has 1 amide bonds. The molecular formula is C12H13N3O2. The maximum Gasteiger partial charge on any atom is 0.407 e. The first-order valence-corrected chi connectivity index (χ1v) is 5.15. The van der Waals surface area contributed by atoms with Gasteiger partial charge >= 0.3 is 6.09 Å². The molecule has 0 radical (unpaired) electrons. The molecular weight excluding hydrogens is 218 g/mol. The molecule has 17 heavy (non-hydrogen) atoms. The van der Waals surface area contributed by atoms with Crippen molar-refractivity contribution in [2.75, 3.05) is 12.8 Å². The number of aromatic nitrogens is 1. The fraction of sp³-hybridized carbons (Fsp3) is 0.167. The fourth-order valence-electron chi connectivity index (χ4n) is 1.71. The molecule has 0 bridgehead atoms. The summed E-state index contributed by atoms with van der Waals surface area (Å²) in [6, 6.07) is 7.29. The van der Waals surface area contributed by atoms with Gasteiger partial charge in [0.2, 0.25) is 0 Å². The van der Waals surface area contributed by atoms with Crippen molar-refractivity contribution in [1.29, 1.82) is 0 Å². The Morgan fingerprint density at radius 1 is 1.47 bits per heavy atom. The lowest BCUT2D eigenvalue weighted by Crippen LogP contribution is -2.24. The Kier molecular flexibility index (Phi) is 2.82. The first-order valence-electron chi connectivity index (χ1n) is 5.15. The number of anilines is 1. The summed E-state index contributed by atoms with van der Waals surface area (Å²) in [4.78, 5) is 16.2. The number of amides is 1. The molecule has 1 aromatic carbocycles. The van der Waals surface area contributed by atoms with E-state index >= 15 is 0 Å². The summed E-state index contributed by atoms with van der Waals surface area (Å²) in [6.45, 7) is 0.317. The molecule has 0 aliphatic rings. The predicted octanol–water partition coefficient (Wildman–Crippen LogP) is 1.93. The summed E-state index contributed by atoms with van der Waals surface area (Å²) in [7, 11) is 1.53. The lowest BCUT2D eigenvalue weighted by Gasteiger charge is -2.15. The first kappa shape index (κ1) is 11.2. The smallest absolute Gasteiger partial charge is 0.407 e. The molecule has 0 aliphatic carbocycles. The molecule has 5 heteroatoms. The minimum absolute atomic E-state index is 0.317. The average Bonchev–Trinajstić information content (AvgIpc) is 2.33. The minimum Gasteiger partial charge on any atom is -0.465 e. The lowest BCUT2D eigenvalue weighted by atomic mass is 10.1. The Morgan fingerprint density at radius 3 is 2.94 bits per heavy atom. The second kappa shape index (κ2) is 4.29. The van der Waals surface area contributed by atoms with E-state index in [1.165, 1.54) is 11.9 Å². The van der Waals surface area contributed by atoms with E-state index in [1.807, 2.05) is 18.2 Å². The van der Waals surface area contributed by atoms with Gasteiger partial charge in [0, 0.05) is 25.2 Å². The molecule has 0 saturated carbocycles. The Balaban J connectivity index is 2.48. The van der Waals surface area contributed by atoms with Crippen LogP contribution in [0.5, 0.6) is 0 Å². The molecule has 0 aliphatic heterocycles. The summed E-state index contributed by atoms with van der Waals surface area (Å²) < 4.78 is 0. The number of pyridine rings is 1. The average molecular weight is 231 g/mol. The molecule has 2 rings (SSSR count). The second-order valence-electron chi connectivity index (χ2n) is 3.85. The van der Waals surface area contributed by atoms with Crippen LogP contribution in [0.15, 0.2) is 30.5 Å². The molecule has 2 aromatic rings. The van der Waals surface area contributed by atoms with E-state index in [-0.39, 0.29) is 0 Å². The summed E-state index contributed by atoms with van der Waals surface area (Å²) in [5.41, 5.74) is 8.03. The van der Waals surface area contributed by atoms with E-state index in [9.17, 15) is 4.79 Å². The summed E-state index contributed by atoms with van der Waals surface area (Å²) in [6.07, 6.45) is 0.711. The quantitative estimate of drug-likeness (QED) is 0.774. The van der Waals surface area contributed by atoms with Gasteiger partial charge in [0.25, 0.3) is 0 Å². The lowest BCUT2D eigenvalue weighted by molar-refractivity contribution is 0.154. The molecule has 0 atom stereocenters. The highest BCUT2D eigenvalue weighted by atomic mass is 16.4. The Morgan fingerprint density at radius 2 is 2.24 bits per heavy atom. The second-order valence-corrected chi connectivity index (χ2v) is 3.85. The Hall–Kier alpha value is -2.30. The van der Waals surface area contributed by atoms with Gasteiger partial charge in [-0.3, -0.25) is 4.98 Å². The van der Waals surface area contributed by atoms with Gasteiger partial charge in [-0.1, -0.05) is 12.1 Å². The molecule has 3 N–H and O–H groups in total. The highest BCUT2D eigenvalue weighted by molar-refractivity contribution is 5.91. The number of nitrogens with zero attached hydrogens (tertiary/aromatic N) is 2. The highest BCUT2D eigenvalue weighted by Crippen LogP contribution is 2.23. The van der Waals surface area contributed by atoms with Crippen LogP contribution in [0, 0.1) is 0 Å². The Labute approximate surface area is 98.5 Å². The molecule has 0 fully saturated rings. The molecule has 1 heterocycles. The normalized spacial score (nSPS) is 10.4. The van der Waals surface area contributed by atoms with Crippen molar-refractivity contribution in [3.8, 4) is 0 Å². The summed E-state index contributed by atoms with van der Waals surface area (Å²) >= 11 is 0. The number of benzene rings is 1. The van der Waals surface area contributed by atoms with Crippen molar-refractivity contribution in [2.45, 2.75) is 6.54 Å². The van der Waals surface area contributed by atoms with Crippen LogP contribution in [0.4, 0.5) is 10.5 Å². The van der Waals surface area contributed by atoms with E-state index in [1.54, 1.807) is 12.3 Å². The zero-order valence-corrected chi connectivity index (χ0v) is 9.42. The van der Waals surface area contributed by atoms with Crippen molar-refractivity contribution in [3.63, 3.8) is 0 Å². The van der Waals surface area contributed by atoms with Crippen LogP contribution in [-0.4, -0.2) is 28.1 Å². The van der Waals surface area contributed by atoms with Gasteiger partial charge in [-0.05, 0) is 17.7 Å². The van der Waals surface area contributed by atoms with E-state index in [2.05, 4.69) is 4.98 Å². The third kappa shape index (κ3) is 2.13. The van der Waals surface area contributed by atoms with Crippen LogP contribution in [0.2, 0.25) is 0 Å². The van der Waals surface area contributed by atoms with Crippen molar-refractivity contribution < 1.29 is 9.90 Å². The van der Waals surface area contributed by atoms with Gasteiger partial charge < -0.3 is 15.7 Å². The fourth-order valence-corrected chi connectivity index (χ4v) is 1.71. The van der Waals surface area contributed by atoms with Crippen LogP contribution in [0.3, 0.4) is 0 Å². The predicted molar refractivity (Wildman–Crippen MR) is 65.6 cm³/mol. The number of rotatable bonds is 2. The van der Waals surface area contributed by atoms with Gasteiger partial charge in [0.15, 0.2) is 0 Å². The van der Waals surface area contributed by atoms with Crippen molar-refractivity contribution >= 4 is 22.7 Å². The zero-order valence-electron chi connectivity index (χ0n) is 9.42. The molecule has 88 valence electrons. The van der Waals surface area contributed by atoms with E-state index < -0.39 is 6.09 Å². The monoisotopic (exact) mass is 231 g/mol. The Bertz CT molecular complexity index is 569. The van der Waals surface area contributed by atoms with Crippen molar-refractivity contribution in [1.82, 2.24) is 9.88 Å². The molecule has 1 aromatic heterocycles. The maximum absolute atomic E-state index is 10.8. The number of hydrogen-bond donors (Lipinski definition) is 2. The van der Waals surface area contributed by atoms with Crippen LogP contribution < -0.4 is 5.73 Å². The first-order chi connectivity index (χ1) is 8.09. The van der Waals surface area contributed by atoms with Gasteiger partial charge in [-0.2, -0.15) is 0 Å². The van der Waals surface area contributed by atoms with Gasteiger partial charge in [-0.25, -0.2) is 4.79 Å². The molecule has 0 spiro atoms. The molecule has 0 unspecified atom stereocenters. The van der Waals surface area contributed by atoms with Crippen molar-refractivity contribution in [2.24, 2.45) is 0 Å². The summed E-state index contributed by atoms with van der Waals surface area (Å²) in [5, 5.41) is 9.75. The third-order valence-corrected chi connectivity index (χ3v) is 2.63. The number of nitrogen functional groups attached to an aromatic ring is 1. The standard InChI is InChI=1S/C12H13N3O2/c1-15(12(16)17)7-8-4-5-10(13)11-9(8)3-2-6-14-11/h2-6H,7,13H2,1H3,(H,16,17). The van der Waals surface area contributed by atoms with E-state index in [0.717, 1.165) is 10.9 Å². The van der Waals surface area contributed by atoms with Crippen LogP contribution >= 0.6 is 0 Å². The number of hydrogen-bond acceptors (Lipinski definition) is 3. The largest absolute Gasteiger partial charge is 0.465 e. The highest BCUT2D eigenvalue weighted by Gasteiger charge is 2.10. The van der Waals surface area contributed by atoms with Gasteiger partial charge in [-0.15, -0.1) is 0 Å². The minimum atomic E-state index is -0.959. The molecule has 5 nitrogen and oxygen atoms in total. The number of carboxylic acid groups (broad SMARTS) is 1. The van der Waals surface area contributed by atoms with Crippen LogP contribution in [0.25, 0.3) is 10.9 Å². The topological polar surface area (TPSA) is 79.5 Å². The van der Waals surface area contributed by atoms with E-state index in [4.69, 9.17) is 10.8 Å². The maximum atomic E-state index is 10.8. The summed E-state index contributed by atoms with van der Waals surface area (Å²) in [5.74, 6) is 0. The number of nitrogens with two attached hydrogens (primary N) is 1. The van der Waals surface area contributed by atoms with E-state index in [0.29, 0.717) is 17.7 Å². The molecule has 0 saturated heterocycles.